The van der Waals surface area contributed by atoms with Crippen LogP contribution in [0.5, 0.6) is 0 Å². The highest BCUT2D eigenvalue weighted by atomic mass is 35.5. The van der Waals surface area contributed by atoms with Crippen molar-refractivity contribution in [1.29, 1.82) is 0 Å². The number of halogens is 1. The fourth-order valence-corrected chi connectivity index (χ4v) is 1.40. The molecular weight excluding hydrogens is 284 g/mol. The fraction of sp³-hybridized carbons (Fsp3) is 0.308. The second kappa shape index (κ2) is 7.49. The van der Waals surface area contributed by atoms with Crippen molar-refractivity contribution in [1.82, 2.24) is 10.2 Å². The number of hydrogen-bond donors (Lipinski definition) is 1. The van der Waals surface area contributed by atoms with Crippen molar-refractivity contribution >= 4 is 29.4 Å². The number of likely N-dealkylation sites (N-methyl/N-ethyl adjacent to an activating group) is 1. The van der Waals surface area contributed by atoms with E-state index in [0.29, 0.717) is 5.02 Å². The van der Waals surface area contributed by atoms with Crippen LogP contribution in [-0.4, -0.2) is 49.9 Å². The van der Waals surface area contributed by atoms with E-state index in [9.17, 15) is 14.4 Å². The first kappa shape index (κ1) is 16.0. The minimum atomic E-state index is -0.651. The van der Waals surface area contributed by atoms with Crippen LogP contribution in [-0.2, 0) is 14.3 Å². The number of carbonyl (C=O) groups is 3. The van der Waals surface area contributed by atoms with E-state index in [1.54, 1.807) is 26.2 Å². The Morgan fingerprint density at radius 1 is 1.30 bits per heavy atom. The van der Waals surface area contributed by atoms with Gasteiger partial charge in [-0.2, -0.15) is 0 Å². The van der Waals surface area contributed by atoms with Crippen LogP contribution in [0.2, 0.25) is 5.02 Å². The predicted octanol–water partition coefficient (Wildman–Crippen LogP) is 0.701. The number of carbonyl (C=O) groups excluding carboxylic acids is 3. The van der Waals surface area contributed by atoms with Gasteiger partial charge in [0.05, 0.1) is 12.1 Å². The van der Waals surface area contributed by atoms with Gasteiger partial charge in [0.1, 0.15) is 0 Å². The fourth-order valence-electron chi connectivity index (χ4n) is 1.21. The molecule has 1 N–H and O–H groups in total. The van der Waals surface area contributed by atoms with Crippen molar-refractivity contribution in [3.63, 3.8) is 0 Å². The largest absolute Gasteiger partial charge is 0.452 e. The van der Waals surface area contributed by atoms with Gasteiger partial charge in [-0.05, 0) is 18.2 Å². The zero-order chi connectivity index (χ0) is 15.1. The molecule has 0 unspecified atom stereocenters. The van der Waals surface area contributed by atoms with E-state index in [1.165, 1.54) is 17.0 Å². The lowest BCUT2D eigenvalue weighted by Crippen LogP contribution is -2.38. The van der Waals surface area contributed by atoms with Crippen molar-refractivity contribution < 1.29 is 19.1 Å². The molecule has 0 spiro atoms. The lowest BCUT2D eigenvalue weighted by molar-refractivity contribution is -0.131. The standard InChI is InChI=1S/C13H15ClN2O4/c1-16(2)12(18)7-15-11(17)8-20-13(19)9-4-3-5-10(14)6-9/h3-6H,7-8H2,1-2H3,(H,15,17). The second-order valence-electron chi connectivity index (χ2n) is 4.15. The maximum absolute atomic E-state index is 11.6. The Kier molecular flexibility index (Phi) is 5.99. The highest BCUT2D eigenvalue weighted by Gasteiger charge is 2.11. The molecule has 7 heteroatoms. The Morgan fingerprint density at radius 3 is 2.60 bits per heavy atom. The maximum Gasteiger partial charge on any atom is 0.338 e. The summed E-state index contributed by atoms with van der Waals surface area (Å²) >= 11 is 5.74. The van der Waals surface area contributed by atoms with Gasteiger partial charge in [0.2, 0.25) is 5.91 Å². The van der Waals surface area contributed by atoms with Gasteiger partial charge in [-0.3, -0.25) is 9.59 Å². The highest BCUT2D eigenvalue weighted by molar-refractivity contribution is 6.30. The molecule has 0 fully saturated rings. The van der Waals surface area contributed by atoms with Crippen molar-refractivity contribution in [3.05, 3.63) is 34.9 Å². The molecule has 108 valence electrons. The van der Waals surface area contributed by atoms with Crippen LogP contribution in [0.25, 0.3) is 0 Å². The van der Waals surface area contributed by atoms with Crippen LogP contribution in [0.15, 0.2) is 24.3 Å². The molecule has 0 aliphatic rings. The van der Waals surface area contributed by atoms with Crippen molar-refractivity contribution in [2.24, 2.45) is 0 Å². The molecule has 0 radical (unpaired) electrons. The SMILES string of the molecule is CN(C)C(=O)CNC(=O)COC(=O)c1cccc(Cl)c1. The van der Waals surface area contributed by atoms with E-state index in [0.717, 1.165) is 0 Å². The van der Waals surface area contributed by atoms with Crippen LogP contribution in [0.1, 0.15) is 10.4 Å². The van der Waals surface area contributed by atoms with Crippen LogP contribution in [0.4, 0.5) is 0 Å². The van der Waals surface area contributed by atoms with Crippen LogP contribution < -0.4 is 5.32 Å². The summed E-state index contributed by atoms with van der Waals surface area (Å²) in [5, 5.41) is 2.75. The Bertz CT molecular complexity index is 517. The Morgan fingerprint density at radius 2 is 2.00 bits per heavy atom. The molecule has 6 nitrogen and oxygen atoms in total. The number of nitrogens with one attached hydrogen (secondary N) is 1. The minimum absolute atomic E-state index is 0.138. The predicted molar refractivity (Wildman–Crippen MR) is 73.4 cm³/mol. The molecule has 1 aromatic carbocycles. The van der Waals surface area contributed by atoms with Crippen LogP contribution >= 0.6 is 11.6 Å². The van der Waals surface area contributed by atoms with E-state index in [-0.39, 0.29) is 18.0 Å². The number of rotatable bonds is 5. The lowest BCUT2D eigenvalue weighted by Gasteiger charge is -2.11. The Balaban J connectivity index is 2.38. The van der Waals surface area contributed by atoms with Gasteiger partial charge >= 0.3 is 5.97 Å². The summed E-state index contributed by atoms with van der Waals surface area (Å²) in [6, 6.07) is 6.20. The van der Waals surface area contributed by atoms with Gasteiger partial charge < -0.3 is 15.0 Å². The molecule has 1 rings (SSSR count). The zero-order valence-corrected chi connectivity index (χ0v) is 11.9. The smallest absolute Gasteiger partial charge is 0.338 e. The van der Waals surface area contributed by atoms with Crippen LogP contribution in [0.3, 0.4) is 0 Å². The van der Waals surface area contributed by atoms with Crippen molar-refractivity contribution in [2.75, 3.05) is 27.2 Å². The number of amides is 2. The quantitative estimate of drug-likeness (QED) is 0.812. The molecule has 20 heavy (non-hydrogen) atoms. The number of benzene rings is 1. The third kappa shape index (κ3) is 5.27. The first-order valence-corrected chi connectivity index (χ1v) is 6.17. The highest BCUT2D eigenvalue weighted by Crippen LogP contribution is 2.11. The van der Waals surface area contributed by atoms with Gasteiger partial charge in [-0.1, -0.05) is 17.7 Å². The maximum atomic E-state index is 11.6. The summed E-state index contributed by atoms with van der Waals surface area (Å²) in [4.78, 5) is 35.6. The molecule has 0 heterocycles. The van der Waals surface area contributed by atoms with Gasteiger partial charge in [-0.15, -0.1) is 0 Å². The number of esters is 1. The van der Waals surface area contributed by atoms with Crippen LogP contribution in [0, 0.1) is 0 Å². The van der Waals surface area contributed by atoms with Gasteiger partial charge in [0.25, 0.3) is 5.91 Å². The average molecular weight is 299 g/mol. The summed E-state index contributed by atoms with van der Waals surface area (Å²) < 4.78 is 4.80. The molecule has 0 saturated heterocycles. The monoisotopic (exact) mass is 298 g/mol. The third-order valence-electron chi connectivity index (χ3n) is 2.33. The number of hydrogen-bond acceptors (Lipinski definition) is 4. The zero-order valence-electron chi connectivity index (χ0n) is 11.2. The Hall–Kier alpha value is -2.08. The lowest BCUT2D eigenvalue weighted by atomic mass is 10.2. The van der Waals surface area contributed by atoms with Gasteiger partial charge in [-0.25, -0.2) is 4.79 Å². The molecule has 0 atom stereocenters. The normalized spacial score (nSPS) is 9.75. The first-order valence-electron chi connectivity index (χ1n) is 5.79. The van der Waals surface area contributed by atoms with E-state index < -0.39 is 18.5 Å². The number of ether oxygens (including phenoxy) is 1. The van der Waals surface area contributed by atoms with Gasteiger partial charge in [0, 0.05) is 19.1 Å². The first-order chi connectivity index (χ1) is 9.40. The molecule has 0 aromatic heterocycles. The molecule has 1 aromatic rings. The van der Waals surface area contributed by atoms with E-state index in [2.05, 4.69) is 5.32 Å². The Labute approximate surface area is 121 Å². The molecular formula is C13H15ClN2O4. The van der Waals surface area contributed by atoms with E-state index in [4.69, 9.17) is 16.3 Å². The molecule has 0 aliphatic carbocycles. The summed E-state index contributed by atoms with van der Waals surface area (Å²) in [7, 11) is 3.15. The van der Waals surface area contributed by atoms with Crippen molar-refractivity contribution in [3.8, 4) is 0 Å². The summed E-state index contributed by atoms with van der Waals surface area (Å²) in [5.41, 5.74) is 0.259. The molecule has 2 amide bonds. The van der Waals surface area contributed by atoms with Crippen molar-refractivity contribution in [2.45, 2.75) is 0 Å². The minimum Gasteiger partial charge on any atom is -0.452 e. The third-order valence-corrected chi connectivity index (χ3v) is 2.57. The number of nitrogens with zero attached hydrogens (tertiary/aromatic N) is 1. The molecule has 0 aliphatic heterocycles. The summed E-state index contributed by atoms with van der Waals surface area (Å²) in [6.07, 6.45) is 0. The topological polar surface area (TPSA) is 75.7 Å². The average Bonchev–Trinajstić information content (AvgIpc) is 2.41. The molecule has 0 bridgehead atoms. The van der Waals surface area contributed by atoms with E-state index >= 15 is 0 Å². The second-order valence-corrected chi connectivity index (χ2v) is 4.59. The summed E-state index contributed by atoms with van der Waals surface area (Å²) in [6.45, 7) is -0.591. The van der Waals surface area contributed by atoms with Gasteiger partial charge in [0.15, 0.2) is 6.61 Å². The molecule has 0 saturated carbocycles. The van der Waals surface area contributed by atoms with E-state index in [1.807, 2.05) is 0 Å². The summed E-state index contributed by atoms with van der Waals surface area (Å²) in [5.74, 6) is -1.45.